The second kappa shape index (κ2) is 9.95. The molecule has 1 amide bonds. The summed E-state index contributed by atoms with van der Waals surface area (Å²) in [6.45, 7) is 3.08. The van der Waals surface area contributed by atoms with Gasteiger partial charge in [-0.3, -0.25) is 9.78 Å². The number of amides is 1. The van der Waals surface area contributed by atoms with Crippen LogP contribution < -0.4 is 0 Å². The summed E-state index contributed by atoms with van der Waals surface area (Å²) in [5, 5.41) is 7.12. The molecule has 1 N–H and O–H groups in total. The Morgan fingerprint density at radius 3 is 2.68 bits per heavy atom. The van der Waals surface area contributed by atoms with Gasteiger partial charge in [0, 0.05) is 38.0 Å². The molecule has 7 nitrogen and oxygen atoms in total. The van der Waals surface area contributed by atoms with Crippen molar-refractivity contribution in [3.05, 3.63) is 30.1 Å². The number of rotatable bonds is 5. The van der Waals surface area contributed by atoms with Gasteiger partial charge in [-0.2, -0.15) is 13.2 Å². The Labute approximate surface area is 178 Å². The maximum atomic E-state index is 12.6. The highest BCUT2D eigenvalue weighted by Gasteiger charge is 2.45. The quantitative estimate of drug-likeness (QED) is 0.751. The third-order valence-electron chi connectivity index (χ3n) is 5.63. The number of ether oxygens (including phenoxy) is 2. The maximum Gasteiger partial charge on any atom is 0.490 e. The molecule has 2 saturated heterocycles. The lowest BCUT2D eigenvalue weighted by Crippen LogP contribution is -2.50. The Hall–Kier alpha value is -2.20. The molecule has 3 aliphatic rings. The summed E-state index contributed by atoms with van der Waals surface area (Å²) in [5.74, 6) is -1.82. The van der Waals surface area contributed by atoms with E-state index in [1.165, 1.54) is 12.8 Å². The van der Waals surface area contributed by atoms with Crippen LogP contribution >= 0.6 is 0 Å². The third-order valence-corrected chi connectivity index (χ3v) is 5.63. The van der Waals surface area contributed by atoms with Crippen molar-refractivity contribution in [3.8, 4) is 0 Å². The Balaban J connectivity index is 0.000000339. The zero-order valence-corrected chi connectivity index (χ0v) is 17.1. The molecule has 0 unspecified atom stereocenters. The van der Waals surface area contributed by atoms with Crippen LogP contribution in [0.5, 0.6) is 0 Å². The highest BCUT2D eigenvalue weighted by atomic mass is 19.4. The molecule has 0 bridgehead atoms. The standard InChI is InChI=1S/C19H26N2O3.C2HF3O2/c22-18(10-16-4-1-2-8-20-16)21-9-3-7-19(14-21)11-17(13-24-19)23-12-15-5-6-15;3-2(4,5)1(6)7/h1-2,4,8,15,17H,3,5-7,9-14H2;(H,6,7)/t17-,19+;/m1./s1. The number of piperidine rings is 1. The van der Waals surface area contributed by atoms with Crippen molar-refractivity contribution in [2.24, 2.45) is 5.92 Å². The SMILES string of the molecule is O=C(Cc1ccccn1)N1CCC[C@]2(C[C@@H](OCC3CC3)CO2)C1.O=C(O)C(F)(F)F. The van der Waals surface area contributed by atoms with E-state index in [9.17, 15) is 18.0 Å². The van der Waals surface area contributed by atoms with Crippen LogP contribution in [-0.2, 0) is 25.5 Å². The molecule has 3 heterocycles. The molecular formula is C21H27F3N2O5. The lowest BCUT2D eigenvalue weighted by Gasteiger charge is -2.39. The van der Waals surface area contributed by atoms with E-state index in [-0.39, 0.29) is 17.6 Å². The number of aliphatic carboxylic acids is 1. The molecule has 1 spiro atoms. The van der Waals surface area contributed by atoms with E-state index in [4.69, 9.17) is 19.4 Å². The van der Waals surface area contributed by atoms with Crippen molar-refractivity contribution in [1.29, 1.82) is 0 Å². The maximum absolute atomic E-state index is 12.6. The Morgan fingerprint density at radius 2 is 2.06 bits per heavy atom. The molecule has 172 valence electrons. The van der Waals surface area contributed by atoms with Crippen molar-refractivity contribution in [1.82, 2.24) is 9.88 Å². The van der Waals surface area contributed by atoms with Crippen LogP contribution in [0.4, 0.5) is 13.2 Å². The topological polar surface area (TPSA) is 89.0 Å². The minimum absolute atomic E-state index is 0.152. The van der Waals surface area contributed by atoms with E-state index in [0.29, 0.717) is 19.6 Å². The van der Waals surface area contributed by atoms with Gasteiger partial charge in [0.15, 0.2) is 0 Å². The number of alkyl halides is 3. The Kier molecular flexibility index (Phi) is 7.53. The van der Waals surface area contributed by atoms with Crippen LogP contribution in [0.2, 0.25) is 0 Å². The van der Waals surface area contributed by atoms with Gasteiger partial charge in [-0.1, -0.05) is 6.07 Å². The van der Waals surface area contributed by atoms with Crippen molar-refractivity contribution < 1.29 is 37.3 Å². The van der Waals surface area contributed by atoms with E-state index in [1.807, 2.05) is 23.1 Å². The van der Waals surface area contributed by atoms with Crippen LogP contribution in [0.15, 0.2) is 24.4 Å². The summed E-state index contributed by atoms with van der Waals surface area (Å²) in [6, 6.07) is 5.71. The number of carboxylic acids is 1. The molecule has 1 saturated carbocycles. The minimum Gasteiger partial charge on any atom is -0.475 e. The van der Waals surface area contributed by atoms with Gasteiger partial charge in [-0.15, -0.1) is 0 Å². The van der Waals surface area contributed by atoms with Gasteiger partial charge in [0.25, 0.3) is 0 Å². The molecular weight excluding hydrogens is 417 g/mol. The fourth-order valence-electron chi connectivity index (χ4n) is 3.83. The molecule has 2 atom stereocenters. The van der Waals surface area contributed by atoms with Crippen LogP contribution in [0.25, 0.3) is 0 Å². The summed E-state index contributed by atoms with van der Waals surface area (Å²) < 4.78 is 43.9. The average Bonchev–Trinajstić information content (AvgIpc) is 3.48. The number of nitrogens with zero attached hydrogens (tertiary/aromatic N) is 2. The fraction of sp³-hybridized carbons (Fsp3) is 0.667. The molecule has 1 aromatic heterocycles. The van der Waals surface area contributed by atoms with Gasteiger partial charge in [0.1, 0.15) is 0 Å². The third kappa shape index (κ3) is 7.17. The highest BCUT2D eigenvalue weighted by Crippen LogP contribution is 2.37. The Bertz CT molecular complexity index is 757. The number of hydrogen-bond donors (Lipinski definition) is 1. The van der Waals surface area contributed by atoms with Crippen LogP contribution in [-0.4, -0.2) is 71.1 Å². The zero-order chi connectivity index (χ0) is 22.5. The van der Waals surface area contributed by atoms with E-state index < -0.39 is 12.1 Å². The summed E-state index contributed by atoms with van der Waals surface area (Å²) in [4.78, 5) is 27.7. The normalized spacial score (nSPS) is 25.8. The Morgan fingerprint density at radius 1 is 1.32 bits per heavy atom. The monoisotopic (exact) mass is 444 g/mol. The van der Waals surface area contributed by atoms with Gasteiger partial charge in [-0.25, -0.2) is 4.79 Å². The molecule has 2 aliphatic heterocycles. The highest BCUT2D eigenvalue weighted by molar-refractivity contribution is 5.78. The number of carbonyl (C=O) groups is 2. The van der Waals surface area contributed by atoms with Gasteiger partial charge < -0.3 is 19.5 Å². The lowest BCUT2D eigenvalue weighted by atomic mass is 9.89. The molecule has 0 aromatic carbocycles. The van der Waals surface area contributed by atoms with Crippen molar-refractivity contribution >= 4 is 11.9 Å². The van der Waals surface area contributed by atoms with E-state index in [0.717, 1.165) is 44.0 Å². The molecule has 1 aromatic rings. The largest absolute Gasteiger partial charge is 0.490 e. The smallest absolute Gasteiger partial charge is 0.475 e. The predicted octanol–water partition coefficient (Wildman–Crippen LogP) is 2.83. The fourth-order valence-corrected chi connectivity index (χ4v) is 3.83. The van der Waals surface area contributed by atoms with Crippen LogP contribution in [0.3, 0.4) is 0 Å². The number of likely N-dealkylation sites (tertiary alicyclic amines) is 1. The lowest BCUT2D eigenvalue weighted by molar-refractivity contribution is -0.192. The molecule has 31 heavy (non-hydrogen) atoms. The predicted molar refractivity (Wildman–Crippen MR) is 103 cm³/mol. The molecule has 1 aliphatic carbocycles. The number of halogens is 3. The van der Waals surface area contributed by atoms with Crippen LogP contribution in [0, 0.1) is 5.92 Å². The number of carbonyl (C=O) groups excluding carboxylic acids is 1. The molecule has 0 radical (unpaired) electrons. The van der Waals surface area contributed by atoms with Crippen molar-refractivity contribution in [2.75, 3.05) is 26.3 Å². The summed E-state index contributed by atoms with van der Waals surface area (Å²) in [7, 11) is 0. The number of aromatic nitrogens is 1. The first kappa shape index (κ1) is 23.5. The van der Waals surface area contributed by atoms with Crippen molar-refractivity contribution in [2.45, 2.75) is 56.4 Å². The van der Waals surface area contributed by atoms with E-state index >= 15 is 0 Å². The second-order valence-electron chi connectivity index (χ2n) is 8.32. The van der Waals surface area contributed by atoms with Gasteiger partial charge in [0.2, 0.25) is 5.91 Å². The van der Waals surface area contributed by atoms with E-state index in [2.05, 4.69) is 4.98 Å². The second-order valence-corrected chi connectivity index (χ2v) is 8.32. The number of hydrogen-bond acceptors (Lipinski definition) is 5. The summed E-state index contributed by atoms with van der Waals surface area (Å²) in [6.07, 6.45) is 2.82. The molecule has 3 fully saturated rings. The first-order valence-corrected chi connectivity index (χ1v) is 10.4. The summed E-state index contributed by atoms with van der Waals surface area (Å²) in [5.41, 5.74) is 0.645. The van der Waals surface area contributed by atoms with Gasteiger partial charge >= 0.3 is 12.1 Å². The average molecular weight is 444 g/mol. The van der Waals surface area contributed by atoms with Gasteiger partial charge in [-0.05, 0) is 43.7 Å². The first-order chi connectivity index (χ1) is 14.7. The van der Waals surface area contributed by atoms with Crippen molar-refractivity contribution in [3.63, 3.8) is 0 Å². The van der Waals surface area contributed by atoms with E-state index in [1.54, 1.807) is 6.20 Å². The molecule has 10 heteroatoms. The number of carboxylic acid groups (broad SMARTS) is 1. The molecule has 4 rings (SSSR count). The summed E-state index contributed by atoms with van der Waals surface area (Å²) >= 11 is 0. The van der Waals surface area contributed by atoms with Crippen LogP contribution in [0.1, 0.15) is 37.8 Å². The zero-order valence-electron chi connectivity index (χ0n) is 17.1. The first-order valence-electron chi connectivity index (χ1n) is 10.4. The number of pyridine rings is 1. The minimum atomic E-state index is -5.08. The van der Waals surface area contributed by atoms with Gasteiger partial charge in [0.05, 0.1) is 24.7 Å².